The van der Waals surface area contributed by atoms with Crippen molar-refractivity contribution < 1.29 is 9.90 Å². The average Bonchev–Trinajstić information content (AvgIpc) is 2.17. The zero-order valence-corrected chi connectivity index (χ0v) is 10.1. The Morgan fingerprint density at radius 1 is 1.50 bits per heavy atom. The SMILES string of the molecule is CCCC(C)Nc1ccc(C(=O)O)c(C)c1. The molecule has 0 fully saturated rings. The van der Waals surface area contributed by atoms with Crippen LogP contribution in [0.5, 0.6) is 0 Å². The second-order valence-corrected chi connectivity index (χ2v) is 4.17. The van der Waals surface area contributed by atoms with E-state index >= 15 is 0 Å². The second kappa shape index (κ2) is 5.54. The minimum atomic E-state index is -0.870. The first-order valence-electron chi connectivity index (χ1n) is 5.65. The van der Waals surface area contributed by atoms with Gasteiger partial charge in [-0.15, -0.1) is 0 Å². The van der Waals surface area contributed by atoms with Gasteiger partial charge in [0, 0.05) is 11.7 Å². The Labute approximate surface area is 96.5 Å². The van der Waals surface area contributed by atoms with Gasteiger partial charge >= 0.3 is 5.97 Å². The summed E-state index contributed by atoms with van der Waals surface area (Å²) in [4.78, 5) is 10.8. The molecule has 0 heterocycles. The lowest BCUT2D eigenvalue weighted by Gasteiger charge is -2.15. The predicted octanol–water partition coefficient (Wildman–Crippen LogP) is 3.29. The monoisotopic (exact) mass is 221 g/mol. The molecular weight excluding hydrogens is 202 g/mol. The largest absolute Gasteiger partial charge is 0.478 e. The maximum atomic E-state index is 10.8. The van der Waals surface area contributed by atoms with Crippen molar-refractivity contribution >= 4 is 11.7 Å². The number of carboxylic acid groups (broad SMARTS) is 1. The Bertz CT molecular complexity index is 374. The topological polar surface area (TPSA) is 49.3 Å². The number of aryl methyl sites for hydroxylation is 1. The van der Waals surface area contributed by atoms with Gasteiger partial charge < -0.3 is 10.4 Å². The van der Waals surface area contributed by atoms with Gasteiger partial charge in [0.05, 0.1) is 5.56 Å². The van der Waals surface area contributed by atoms with Crippen LogP contribution in [0.3, 0.4) is 0 Å². The molecular formula is C13H19NO2. The van der Waals surface area contributed by atoms with Crippen LogP contribution < -0.4 is 5.32 Å². The molecule has 88 valence electrons. The van der Waals surface area contributed by atoms with Crippen molar-refractivity contribution in [3.63, 3.8) is 0 Å². The van der Waals surface area contributed by atoms with Gasteiger partial charge in [-0.3, -0.25) is 0 Å². The van der Waals surface area contributed by atoms with Crippen molar-refractivity contribution in [2.75, 3.05) is 5.32 Å². The number of benzene rings is 1. The van der Waals surface area contributed by atoms with Crippen LogP contribution in [0.15, 0.2) is 18.2 Å². The van der Waals surface area contributed by atoms with Crippen molar-refractivity contribution in [3.05, 3.63) is 29.3 Å². The molecule has 0 aliphatic carbocycles. The second-order valence-electron chi connectivity index (χ2n) is 4.17. The maximum Gasteiger partial charge on any atom is 0.335 e. The number of rotatable bonds is 5. The van der Waals surface area contributed by atoms with E-state index in [2.05, 4.69) is 19.2 Å². The van der Waals surface area contributed by atoms with Gasteiger partial charge in [0.25, 0.3) is 0 Å². The summed E-state index contributed by atoms with van der Waals surface area (Å²) in [5.41, 5.74) is 2.15. The molecule has 0 spiro atoms. The zero-order chi connectivity index (χ0) is 12.1. The van der Waals surface area contributed by atoms with Crippen molar-refractivity contribution in [2.45, 2.75) is 39.7 Å². The van der Waals surface area contributed by atoms with E-state index in [-0.39, 0.29) is 0 Å². The normalized spacial score (nSPS) is 12.2. The van der Waals surface area contributed by atoms with Crippen molar-refractivity contribution in [1.82, 2.24) is 0 Å². The van der Waals surface area contributed by atoms with E-state index in [1.54, 1.807) is 6.07 Å². The Kier molecular flexibility index (Phi) is 4.35. The Hall–Kier alpha value is -1.51. The summed E-state index contributed by atoms with van der Waals surface area (Å²) in [6.45, 7) is 6.10. The van der Waals surface area contributed by atoms with Gasteiger partial charge in [0.1, 0.15) is 0 Å². The molecule has 3 heteroatoms. The Morgan fingerprint density at radius 2 is 2.19 bits per heavy atom. The van der Waals surface area contributed by atoms with Crippen LogP contribution in [0, 0.1) is 6.92 Å². The molecule has 0 amide bonds. The Balaban J connectivity index is 2.77. The molecule has 0 radical (unpaired) electrons. The van der Waals surface area contributed by atoms with E-state index in [9.17, 15) is 4.79 Å². The van der Waals surface area contributed by atoms with Crippen LogP contribution in [-0.4, -0.2) is 17.1 Å². The van der Waals surface area contributed by atoms with Gasteiger partial charge in [-0.2, -0.15) is 0 Å². The van der Waals surface area contributed by atoms with Crippen LogP contribution in [0.4, 0.5) is 5.69 Å². The van der Waals surface area contributed by atoms with E-state index < -0.39 is 5.97 Å². The van der Waals surface area contributed by atoms with Gasteiger partial charge in [0.15, 0.2) is 0 Å². The maximum absolute atomic E-state index is 10.8. The quantitative estimate of drug-likeness (QED) is 0.802. The molecule has 2 N–H and O–H groups in total. The Morgan fingerprint density at radius 3 is 2.69 bits per heavy atom. The fourth-order valence-corrected chi connectivity index (χ4v) is 1.78. The molecule has 16 heavy (non-hydrogen) atoms. The van der Waals surface area contributed by atoms with Crippen LogP contribution in [0.1, 0.15) is 42.6 Å². The summed E-state index contributed by atoms with van der Waals surface area (Å²) in [5, 5.41) is 12.3. The van der Waals surface area contributed by atoms with Gasteiger partial charge in [-0.1, -0.05) is 13.3 Å². The van der Waals surface area contributed by atoms with Crippen LogP contribution in [-0.2, 0) is 0 Å². The van der Waals surface area contributed by atoms with Crippen LogP contribution in [0.25, 0.3) is 0 Å². The van der Waals surface area contributed by atoms with E-state index in [1.807, 2.05) is 19.1 Å². The number of hydrogen-bond acceptors (Lipinski definition) is 2. The van der Waals surface area contributed by atoms with Crippen molar-refractivity contribution in [1.29, 1.82) is 0 Å². The summed E-state index contributed by atoms with van der Waals surface area (Å²) in [6.07, 6.45) is 2.25. The molecule has 0 saturated heterocycles. The third-order valence-corrected chi connectivity index (χ3v) is 2.59. The zero-order valence-electron chi connectivity index (χ0n) is 10.1. The molecule has 0 aliphatic heterocycles. The first kappa shape index (κ1) is 12.6. The molecule has 1 unspecified atom stereocenters. The molecule has 1 rings (SSSR count). The van der Waals surface area contributed by atoms with E-state index in [4.69, 9.17) is 5.11 Å². The third-order valence-electron chi connectivity index (χ3n) is 2.59. The number of hydrogen-bond donors (Lipinski definition) is 2. The molecule has 1 aromatic rings. The summed E-state index contributed by atoms with van der Waals surface area (Å²) in [5.74, 6) is -0.870. The lowest BCUT2D eigenvalue weighted by molar-refractivity contribution is 0.0696. The predicted molar refractivity (Wildman–Crippen MR) is 66.1 cm³/mol. The van der Waals surface area contributed by atoms with Crippen LogP contribution >= 0.6 is 0 Å². The minimum Gasteiger partial charge on any atom is -0.478 e. The van der Waals surface area contributed by atoms with Crippen molar-refractivity contribution in [3.8, 4) is 0 Å². The summed E-state index contributed by atoms with van der Waals surface area (Å²) < 4.78 is 0. The highest BCUT2D eigenvalue weighted by Crippen LogP contribution is 2.16. The van der Waals surface area contributed by atoms with Gasteiger partial charge in [-0.25, -0.2) is 4.79 Å². The standard InChI is InChI=1S/C13H19NO2/c1-4-5-10(3)14-11-6-7-12(13(15)16)9(2)8-11/h6-8,10,14H,4-5H2,1-3H3,(H,15,16). The number of carboxylic acids is 1. The van der Waals surface area contributed by atoms with E-state index in [0.29, 0.717) is 11.6 Å². The summed E-state index contributed by atoms with van der Waals surface area (Å²) in [7, 11) is 0. The number of anilines is 1. The fraction of sp³-hybridized carbons (Fsp3) is 0.462. The molecule has 0 aliphatic rings. The third kappa shape index (κ3) is 3.26. The number of aromatic carboxylic acids is 1. The smallest absolute Gasteiger partial charge is 0.335 e. The first-order valence-corrected chi connectivity index (χ1v) is 5.65. The highest BCUT2D eigenvalue weighted by atomic mass is 16.4. The fourth-order valence-electron chi connectivity index (χ4n) is 1.78. The molecule has 0 saturated carbocycles. The molecule has 1 aromatic carbocycles. The molecule has 0 bridgehead atoms. The van der Waals surface area contributed by atoms with E-state index in [0.717, 1.165) is 24.1 Å². The van der Waals surface area contributed by atoms with Crippen LogP contribution in [0.2, 0.25) is 0 Å². The van der Waals surface area contributed by atoms with Gasteiger partial charge in [-0.05, 0) is 44.0 Å². The first-order chi connectivity index (χ1) is 7.54. The van der Waals surface area contributed by atoms with E-state index in [1.165, 1.54) is 0 Å². The summed E-state index contributed by atoms with van der Waals surface area (Å²) in [6, 6.07) is 5.77. The lowest BCUT2D eigenvalue weighted by Crippen LogP contribution is -2.14. The van der Waals surface area contributed by atoms with Gasteiger partial charge in [0.2, 0.25) is 0 Å². The molecule has 1 atom stereocenters. The minimum absolute atomic E-state index is 0.369. The number of carbonyl (C=O) groups is 1. The molecule has 0 aromatic heterocycles. The van der Waals surface area contributed by atoms with Crippen molar-refractivity contribution in [2.24, 2.45) is 0 Å². The number of nitrogens with one attached hydrogen (secondary N) is 1. The highest BCUT2D eigenvalue weighted by molar-refractivity contribution is 5.89. The lowest BCUT2D eigenvalue weighted by atomic mass is 10.1. The highest BCUT2D eigenvalue weighted by Gasteiger charge is 2.08. The molecule has 3 nitrogen and oxygen atoms in total. The summed E-state index contributed by atoms with van der Waals surface area (Å²) >= 11 is 0. The average molecular weight is 221 g/mol.